The van der Waals surface area contributed by atoms with Crippen LogP contribution in [0, 0.1) is 0 Å². The van der Waals surface area contributed by atoms with Crippen LogP contribution in [0.4, 0.5) is 5.69 Å². The third-order valence-corrected chi connectivity index (χ3v) is 1.67. The molecule has 1 aromatic rings. The van der Waals surface area contributed by atoms with Gasteiger partial charge in [-0.2, -0.15) is 0 Å². The van der Waals surface area contributed by atoms with Crippen molar-refractivity contribution in [1.82, 2.24) is 0 Å². The molecule has 0 fully saturated rings. The number of carboxylic acids is 1. The molecular weight excluding hydrogens is 198 g/mol. The van der Waals surface area contributed by atoms with Crippen LogP contribution in [0.25, 0.3) is 0 Å². The molecule has 1 rings (SSSR count). The van der Waals surface area contributed by atoms with Crippen molar-refractivity contribution in [3.8, 4) is 0 Å². The Balaban J connectivity index is 2.50. The first-order valence-corrected chi connectivity index (χ1v) is 4.34. The molecule has 5 nitrogen and oxygen atoms in total. The Labute approximate surface area is 86.5 Å². The minimum Gasteiger partial charge on any atom is -0.481 e. The number of ether oxygens (including phenoxy) is 1. The number of rotatable bonds is 4. The second kappa shape index (κ2) is 4.99. The highest BCUT2D eigenvalue weighted by molar-refractivity contribution is 5.90. The number of carbonyl (C=O) groups is 2. The zero-order valence-electron chi connectivity index (χ0n) is 7.97. The Bertz CT molecular complexity index is 375. The molecule has 0 unspecified atom stereocenters. The molecule has 0 heterocycles. The number of aliphatic carboxylic acids is 1. The summed E-state index contributed by atoms with van der Waals surface area (Å²) in [6.45, 7) is -0.136. The van der Waals surface area contributed by atoms with Gasteiger partial charge < -0.3 is 15.6 Å². The second-order valence-corrected chi connectivity index (χ2v) is 2.91. The molecule has 0 aliphatic heterocycles. The molecule has 0 spiro atoms. The Hall–Kier alpha value is -2.04. The summed E-state index contributed by atoms with van der Waals surface area (Å²) in [5, 5.41) is 8.33. The van der Waals surface area contributed by atoms with E-state index >= 15 is 0 Å². The van der Waals surface area contributed by atoms with Gasteiger partial charge in [-0.25, -0.2) is 4.79 Å². The third-order valence-electron chi connectivity index (χ3n) is 1.67. The Morgan fingerprint density at radius 2 is 2.13 bits per heavy atom. The summed E-state index contributed by atoms with van der Waals surface area (Å²) in [4.78, 5) is 21.5. The summed E-state index contributed by atoms with van der Waals surface area (Å²) in [7, 11) is 0. The molecule has 0 aromatic heterocycles. The molecule has 0 atom stereocenters. The number of carboxylic acid groups (broad SMARTS) is 1. The molecule has 1 aromatic carbocycles. The molecule has 3 N–H and O–H groups in total. The van der Waals surface area contributed by atoms with Crippen LogP contribution in [0.15, 0.2) is 24.3 Å². The van der Waals surface area contributed by atoms with E-state index in [9.17, 15) is 9.59 Å². The Morgan fingerprint density at radius 3 is 2.73 bits per heavy atom. The van der Waals surface area contributed by atoms with Crippen LogP contribution in [-0.4, -0.2) is 23.7 Å². The smallest absolute Gasteiger partial charge is 0.338 e. The highest BCUT2D eigenvalue weighted by atomic mass is 16.5. The summed E-state index contributed by atoms with van der Waals surface area (Å²) in [6, 6.07) is 6.31. The molecule has 0 saturated heterocycles. The predicted octanol–water partition coefficient (Wildman–Crippen LogP) is 0.900. The van der Waals surface area contributed by atoms with Crippen LogP contribution in [0.5, 0.6) is 0 Å². The number of nitrogens with two attached hydrogens (primary N) is 1. The van der Waals surface area contributed by atoms with E-state index in [4.69, 9.17) is 15.6 Å². The zero-order chi connectivity index (χ0) is 11.3. The van der Waals surface area contributed by atoms with E-state index in [-0.39, 0.29) is 13.0 Å². The van der Waals surface area contributed by atoms with Crippen LogP contribution < -0.4 is 5.73 Å². The van der Waals surface area contributed by atoms with Gasteiger partial charge in [0.1, 0.15) is 6.61 Å². The predicted molar refractivity (Wildman–Crippen MR) is 53.4 cm³/mol. The molecule has 0 bridgehead atoms. The zero-order valence-corrected chi connectivity index (χ0v) is 7.97. The Morgan fingerprint density at radius 1 is 1.40 bits per heavy atom. The van der Waals surface area contributed by atoms with Crippen LogP contribution >= 0.6 is 0 Å². The first kappa shape index (κ1) is 11.0. The average Bonchev–Trinajstić information content (AvgIpc) is 2.17. The lowest BCUT2D eigenvalue weighted by molar-refractivity contribution is -0.137. The maximum Gasteiger partial charge on any atom is 0.338 e. The summed E-state index contributed by atoms with van der Waals surface area (Å²) in [6.07, 6.45) is -0.200. The van der Waals surface area contributed by atoms with Crippen LogP contribution in [0.1, 0.15) is 16.8 Å². The summed E-state index contributed by atoms with van der Waals surface area (Å²) in [5.74, 6) is -1.57. The molecule has 15 heavy (non-hydrogen) atoms. The fourth-order valence-electron chi connectivity index (χ4n) is 0.980. The number of hydrogen-bond donors (Lipinski definition) is 2. The van der Waals surface area contributed by atoms with E-state index in [1.807, 2.05) is 0 Å². The number of nitrogen functional groups attached to an aromatic ring is 1. The first-order chi connectivity index (χ1) is 7.09. The third kappa shape index (κ3) is 3.68. The fourth-order valence-corrected chi connectivity index (χ4v) is 0.980. The lowest BCUT2D eigenvalue weighted by Crippen LogP contribution is -2.09. The minimum absolute atomic E-state index is 0.136. The number of benzene rings is 1. The minimum atomic E-state index is -1.00. The molecule has 0 aliphatic rings. The van der Waals surface area contributed by atoms with Gasteiger partial charge in [0.15, 0.2) is 0 Å². The molecule has 5 heteroatoms. The monoisotopic (exact) mass is 209 g/mol. The highest BCUT2D eigenvalue weighted by Gasteiger charge is 2.07. The molecule has 0 saturated carbocycles. The van der Waals surface area contributed by atoms with Gasteiger partial charge in [-0.3, -0.25) is 4.79 Å². The van der Waals surface area contributed by atoms with Gasteiger partial charge in [-0.05, 0) is 18.2 Å². The summed E-state index contributed by atoms with van der Waals surface area (Å²) >= 11 is 0. The standard InChI is InChI=1S/C10H11NO4/c11-8-3-1-2-7(6-8)10(14)15-5-4-9(12)13/h1-3,6H,4-5,11H2,(H,12,13). The molecule has 80 valence electrons. The highest BCUT2D eigenvalue weighted by Crippen LogP contribution is 2.07. The van der Waals surface area contributed by atoms with Gasteiger partial charge in [0.05, 0.1) is 12.0 Å². The van der Waals surface area contributed by atoms with Crippen molar-refractivity contribution in [3.63, 3.8) is 0 Å². The largest absolute Gasteiger partial charge is 0.481 e. The van der Waals surface area contributed by atoms with Crippen LogP contribution in [-0.2, 0) is 9.53 Å². The molecular formula is C10H11NO4. The maximum atomic E-state index is 11.3. The van der Waals surface area contributed by atoms with E-state index in [1.54, 1.807) is 18.2 Å². The Kier molecular flexibility index (Phi) is 3.68. The van der Waals surface area contributed by atoms with E-state index < -0.39 is 11.9 Å². The number of carbonyl (C=O) groups excluding carboxylic acids is 1. The van der Waals surface area contributed by atoms with E-state index in [0.29, 0.717) is 11.3 Å². The number of anilines is 1. The van der Waals surface area contributed by atoms with Crippen molar-refractivity contribution in [2.75, 3.05) is 12.3 Å². The SMILES string of the molecule is Nc1cccc(C(=O)OCCC(=O)O)c1. The van der Waals surface area contributed by atoms with Crippen molar-refractivity contribution in [1.29, 1.82) is 0 Å². The van der Waals surface area contributed by atoms with Crippen LogP contribution in [0.3, 0.4) is 0 Å². The number of hydrogen-bond acceptors (Lipinski definition) is 4. The maximum absolute atomic E-state index is 11.3. The van der Waals surface area contributed by atoms with Gasteiger partial charge in [-0.15, -0.1) is 0 Å². The van der Waals surface area contributed by atoms with Gasteiger partial charge in [0.25, 0.3) is 0 Å². The van der Waals surface area contributed by atoms with Crippen LogP contribution in [0.2, 0.25) is 0 Å². The van der Waals surface area contributed by atoms with Gasteiger partial charge in [0.2, 0.25) is 0 Å². The molecule has 0 amide bonds. The van der Waals surface area contributed by atoms with Crippen molar-refractivity contribution >= 4 is 17.6 Å². The van der Waals surface area contributed by atoms with Gasteiger partial charge >= 0.3 is 11.9 Å². The average molecular weight is 209 g/mol. The van der Waals surface area contributed by atoms with Gasteiger partial charge in [-0.1, -0.05) is 6.07 Å². The first-order valence-electron chi connectivity index (χ1n) is 4.34. The fraction of sp³-hybridized carbons (Fsp3) is 0.200. The van der Waals surface area contributed by atoms with Crippen molar-refractivity contribution in [2.24, 2.45) is 0 Å². The molecule has 0 aliphatic carbocycles. The lowest BCUT2D eigenvalue weighted by atomic mass is 10.2. The quantitative estimate of drug-likeness (QED) is 0.568. The van der Waals surface area contributed by atoms with E-state index in [0.717, 1.165) is 0 Å². The van der Waals surface area contributed by atoms with Crippen molar-refractivity contribution < 1.29 is 19.4 Å². The van der Waals surface area contributed by atoms with Crippen molar-refractivity contribution in [2.45, 2.75) is 6.42 Å². The van der Waals surface area contributed by atoms with E-state index in [2.05, 4.69) is 0 Å². The van der Waals surface area contributed by atoms with E-state index in [1.165, 1.54) is 6.07 Å². The normalized spacial score (nSPS) is 9.60. The summed E-state index contributed by atoms with van der Waals surface area (Å²) < 4.78 is 4.72. The second-order valence-electron chi connectivity index (χ2n) is 2.91. The topological polar surface area (TPSA) is 89.6 Å². The van der Waals surface area contributed by atoms with Gasteiger partial charge in [0, 0.05) is 5.69 Å². The summed E-state index contributed by atoms with van der Waals surface area (Å²) in [5.41, 5.74) is 6.25. The van der Waals surface area contributed by atoms with Crippen molar-refractivity contribution in [3.05, 3.63) is 29.8 Å². The number of esters is 1. The molecule has 0 radical (unpaired) electrons. The lowest BCUT2D eigenvalue weighted by Gasteiger charge is -2.03.